The third-order valence-electron chi connectivity index (χ3n) is 3.25. The van der Waals surface area contributed by atoms with Crippen LogP contribution in [0, 0.1) is 0 Å². The minimum absolute atomic E-state index is 0.0440. The lowest BCUT2D eigenvalue weighted by Crippen LogP contribution is -2.38. The first-order chi connectivity index (χ1) is 8.53. The third-order valence-corrected chi connectivity index (χ3v) is 5.93. The van der Waals surface area contributed by atoms with Crippen LogP contribution in [0.15, 0.2) is 29.2 Å². The van der Waals surface area contributed by atoms with Crippen molar-refractivity contribution in [2.75, 3.05) is 12.0 Å². The van der Waals surface area contributed by atoms with Gasteiger partial charge in [-0.05, 0) is 43.4 Å². The molecule has 2 atom stereocenters. The van der Waals surface area contributed by atoms with E-state index in [1.165, 1.54) is 0 Å². The Kier molecular flexibility index (Phi) is 4.19. The molecule has 1 aliphatic carbocycles. The van der Waals surface area contributed by atoms with Gasteiger partial charge in [-0.1, -0.05) is 6.42 Å². The monoisotopic (exact) mass is 286 g/mol. The number of nitrogen functional groups attached to an aromatic ring is 1. The summed E-state index contributed by atoms with van der Waals surface area (Å²) in [6, 6.07) is 6.34. The number of anilines is 1. The highest BCUT2D eigenvalue weighted by Crippen LogP contribution is 2.29. The number of hydrogen-bond donors (Lipinski definition) is 2. The van der Waals surface area contributed by atoms with Crippen LogP contribution in [0.25, 0.3) is 0 Å². The van der Waals surface area contributed by atoms with Gasteiger partial charge in [0, 0.05) is 17.0 Å². The van der Waals surface area contributed by atoms with Crippen LogP contribution in [0.3, 0.4) is 0 Å². The van der Waals surface area contributed by atoms with E-state index in [9.17, 15) is 8.42 Å². The molecular formula is C12H18N2O2S2. The quantitative estimate of drug-likeness (QED) is 0.828. The summed E-state index contributed by atoms with van der Waals surface area (Å²) in [5.74, 6) is 0. The molecule has 0 saturated heterocycles. The zero-order valence-corrected chi connectivity index (χ0v) is 11.9. The average molecular weight is 286 g/mol. The molecule has 2 unspecified atom stereocenters. The first-order valence-corrected chi connectivity index (χ1v) is 8.71. The molecule has 1 aromatic carbocycles. The Bertz CT molecular complexity index is 499. The van der Waals surface area contributed by atoms with E-state index < -0.39 is 10.0 Å². The Morgan fingerprint density at radius 3 is 2.56 bits per heavy atom. The Morgan fingerprint density at radius 1 is 1.28 bits per heavy atom. The normalized spacial score (nSPS) is 24.3. The average Bonchev–Trinajstić information content (AvgIpc) is 2.76. The first kappa shape index (κ1) is 13.7. The molecular weight excluding hydrogens is 268 g/mol. The summed E-state index contributed by atoms with van der Waals surface area (Å²) in [4.78, 5) is 0.281. The molecule has 0 aliphatic heterocycles. The van der Waals surface area contributed by atoms with E-state index in [0.29, 0.717) is 10.9 Å². The molecule has 3 N–H and O–H groups in total. The second-order valence-corrected chi connectivity index (χ2v) is 7.29. The van der Waals surface area contributed by atoms with E-state index in [0.717, 1.165) is 19.3 Å². The maximum Gasteiger partial charge on any atom is 0.240 e. The summed E-state index contributed by atoms with van der Waals surface area (Å²) < 4.78 is 27.2. The van der Waals surface area contributed by atoms with Crippen molar-refractivity contribution in [1.29, 1.82) is 0 Å². The number of benzene rings is 1. The number of rotatable bonds is 4. The molecule has 2 rings (SSSR count). The molecule has 0 amide bonds. The molecule has 0 heterocycles. The Labute approximate surface area is 112 Å². The van der Waals surface area contributed by atoms with Crippen molar-refractivity contribution in [3.8, 4) is 0 Å². The second-order valence-electron chi connectivity index (χ2n) is 4.50. The number of nitrogens with two attached hydrogens (primary N) is 1. The summed E-state index contributed by atoms with van der Waals surface area (Å²) in [6.45, 7) is 0. The number of nitrogens with one attached hydrogen (secondary N) is 1. The minimum Gasteiger partial charge on any atom is -0.399 e. The van der Waals surface area contributed by atoms with Crippen LogP contribution in [0.5, 0.6) is 0 Å². The van der Waals surface area contributed by atoms with Crippen molar-refractivity contribution in [3.05, 3.63) is 24.3 Å². The van der Waals surface area contributed by atoms with Crippen molar-refractivity contribution in [1.82, 2.24) is 4.72 Å². The fraction of sp³-hybridized carbons (Fsp3) is 0.500. The lowest BCUT2D eigenvalue weighted by atomic mass is 10.3. The summed E-state index contributed by atoms with van der Waals surface area (Å²) in [5, 5.41) is 0.383. The van der Waals surface area contributed by atoms with Gasteiger partial charge in [-0.3, -0.25) is 0 Å². The highest BCUT2D eigenvalue weighted by atomic mass is 32.2. The molecule has 0 spiro atoms. The molecule has 1 aromatic rings. The highest BCUT2D eigenvalue weighted by molar-refractivity contribution is 7.99. The third kappa shape index (κ3) is 2.99. The molecule has 100 valence electrons. The van der Waals surface area contributed by atoms with Crippen LogP contribution in [0.2, 0.25) is 0 Å². The van der Waals surface area contributed by atoms with Crippen LogP contribution >= 0.6 is 11.8 Å². The molecule has 1 aliphatic rings. The van der Waals surface area contributed by atoms with E-state index in [1.807, 2.05) is 6.26 Å². The minimum atomic E-state index is -3.42. The predicted molar refractivity (Wildman–Crippen MR) is 76.1 cm³/mol. The largest absolute Gasteiger partial charge is 0.399 e. The number of hydrogen-bond acceptors (Lipinski definition) is 4. The molecule has 1 saturated carbocycles. The lowest BCUT2D eigenvalue weighted by Gasteiger charge is -2.19. The van der Waals surface area contributed by atoms with Gasteiger partial charge in [0.2, 0.25) is 10.0 Å². The molecule has 0 radical (unpaired) electrons. The molecule has 18 heavy (non-hydrogen) atoms. The molecule has 4 nitrogen and oxygen atoms in total. The van der Waals surface area contributed by atoms with E-state index in [2.05, 4.69) is 4.72 Å². The van der Waals surface area contributed by atoms with Crippen molar-refractivity contribution >= 4 is 27.5 Å². The number of thioether (sulfide) groups is 1. The summed E-state index contributed by atoms with van der Waals surface area (Å²) in [6.07, 6.45) is 5.11. The lowest BCUT2D eigenvalue weighted by molar-refractivity contribution is 0.555. The second kappa shape index (κ2) is 5.50. The van der Waals surface area contributed by atoms with Crippen LogP contribution in [0.1, 0.15) is 19.3 Å². The molecule has 1 fully saturated rings. The fourth-order valence-electron chi connectivity index (χ4n) is 2.26. The van der Waals surface area contributed by atoms with Crippen molar-refractivity contribution in [3.63, 3.8) is 0 Å². The Morgan fingerprint density at radius 2 is 1.94 bits per heavy atom. The smallest absolute Gasteiger partial charge is 0.240 e. The summed E-state index contributed by atoms with van der Waals surface area (Å²) >= 11 is 1.73. The SMILES string of the molecule is CSC1CCCC1NS(=O)(=O)c1ccc(N)cc1. The predicted octanol–water partition coefficient (Wildman–Crippen LogP) is 1.83. The van der Waals surface area contributed by atoms with Crippen LogP contribution < -0.4 is 10.5 Å². The zero-order valence-electron chi connectivity index (χ0n) is 10.3. The molecule has 0 aromatic heterocycles. The maximum atomic E-state index is 12.2. The van der Waals surface area contributed by atoms with E-state index in [-0.39, 0.29) is 10.9 Å². The Balaban J connectivity index is 2.14. The zero-order chi connectivity index (χ0) is 13.2. The van der Waals surface area contributed by atoms with Gasteiger partial charge in [0.15, 0.2) is 0 Å². The first-order valence-electron chi connectivity index (χ1n) is 5.93. The molecule has 0 bridgehead atoms. The van der Waals surface area contributed by atoms with Crippen molar-refractivity contribution < 1.29 is 8.42 Å². The van der Waals surface area contributed by atoms with Gasteiger partial charge in [-0.15, -0.1) is 0 Å². The highest BCUT2D eigenvalue weighted by Gasteiger charge is 2.30. The maximum absolute atomic E-state index is 12.2. The topological polar surface area (TPSA) is 72.2 Å². The van der Waals surface area contributed by atoms with Gasteiger partial charge in [-0.25, -0.2) is 13.1 Å². The van der Waals surface area contributed by atoms with E-state index in [4.69, 9.17) is 5.73 Å². The van der Waals surface area contributed by atoms with Gasteiger partial charge < -0.3 is 5.73 Å². The Hall–Kier alpha value is -0.720. The van der Waals surface area contributed by atoms with Crippen LogP contribution in [0.4, 0.5) is 5.69 Å². The van der Waals surface area contributed by atoms with Crippen molar-refractivity contribution in [2.24, 2.45) is 0 Å². The van der Waals surface area contributed by atoms with Gasteiger partial charge in [0.05, 0.1) is 4.90 Å². The van der Waals surface area contributed by atoms with Gasteiger partial charge >= 0.3 is 0 Å². The van der Waals surface area contributed by atoms with Gasteiger partial charge in [0.25, 0.3) is 0 Å². The standard InChI is InChI=1S/C12H18N2O2S2/c1-17-12-4-2-3-11(12)14-18(15,16)10-7-5-9(13)6-8-10/h5-8,11-12,14H,2-4,13H2,1H3. The number of sulfonamides is 1. The van der Waals surface area contributed by atoms with E-state index in [1.54, 1.807) is 36.0 Å². The van der Waals surface area contributed by atoms with Crippen LogP contribution in [-0.2, 0) is 10.0 Å². The van der Waals surface area contributed by atoms with Crippen LogP contribution in [-0.4, -0.2) is 26.0 Å². The summed E-state index contributed by atoms with van der Waals surface area (Å²) in [5.41, 5.74) is 6.13. The van der Waals surface area contributed by atoms with Crippen molar-refractivity contribution in [2.45, 2.75) is 35.4 Å². The molecule has 6 heteroatoms. The van der Waals surface area contributed by atoms with Gasteiger partial charge in [0.1, 0.15) is 0 Å². The van der Waals surface area contributed by atoms with Gasteiger partial charge in [-0.2, -0.15) is 11.8 Å². The van der Waals surface area contributed by atoms with E-state index >= 15 is 0 Å². The fourth-order valence-corrected chi connectivity index (χ4v) is 4.59. The summed E-state index contributed by atoms with van der Waals surface area (Å²) in [7, 11) is -3.42.